The second-order valence-electron chi connectivity index (χ2n) is 7.38. The van der Waals surface area contributed by atoms with Gasteiger partial charge in [0.2, 0.25) is 0 Å². The van der Waals surface area contributed by atoms with Gasteiger partial charge in [-0.15, -0.1) is 0 Å². The third kappa shape index (κ3) is 3.69. The lowest BCUT2D eigenvalue weighted by Gasteiger charge is -2.20. The minimum atomic E-state index is -1.08. The van der Waals surface area contributed by atoms with Crippen molar-refractivity contribution in [1.29, 1.82) is 0 Å². The zero-order chi connectivity index (χ0) is 21.3. The number of ether oxygens (including phenoxy) is 1. The number of benzene rings is 2. The van der Waals surface area contributed by atoms with E-state index in [-0.39, 0.29) is 19.1 Å². The topological polar surface area (TPSA) is 76.5 Å². The van der Waals surface area contributed by atoms with E-state index in [1.165, 1.54) is 12.0 Å². The lowest BCUT2D eigenvalue weighted by molar-refractivity contribution is -0.132. The van der Waals surface area contributed by atoms with E-state index in [2.05, 4.69) is 5.32 Å². The van der Waals surface area contributed by atoms with E-state index in [0.717, 1.165) is 16.8 Å². The molecule has 1 fully saturated rings. The molecule has 0 aliphatic carbocycles. The molecule has 30 heavy (non-hydrogen) atoms. The molecular weight excluding hydrogens is 404 g/mol. The number of aromatic nitrogens is 2. The lowest BCUT2D eigenvalue weighted by Crippen LogP contribution is -2.47. The van der Waals surface area contributed by atoms with E-state index in [1.807, 2.05) is 48.7 Å². The van der Waals surface area contributed by atoms with Crippen LogP contribution in [0.2, 0.25) is 5.02 Å². The zero-order valence-corrected chi connectivity index (χ0v) is 17.4. The summed E-state index contributed by atoms with van der Waals surface area (Å²) < 4.78 is 6.86. The molecule has 2 aromatic carbocycles. The van der Waals surface area contributed by atoms with Crippen LogP contribution in [0.25, 0.3) is 16.9 Å². The number of rotatable bonds is 6. The molecule has 2 heterocycles. The fourth-order valence-corrected chi connectivity index (χ4v) is 3.66. The molecule has 0 saturated carbocycles. The molecule has 8 heteroatoms. The van der Waals surface area contributed by atoms with Crippen molar-refractivity contribution < 1.29 is 14.3 Å². The predicted octanol–water partition coefficient (Wildman–Crippen LogP) is 3.65. The SMILES string of the molecule is COCC1(C)NC(=O)N(Cc2cn(-c3ccccc3)nc2-c2ccc(Cl)cc2)C1=O. The van der Waals surface area contributed by atoms with Crippen LogP contribution >= 0.6 is 11.6 Å². The van der Waals surface area contributed by atoms with Crippen molar-refractivity contribution in [3.63, 3.8) is 0 Å². The first-order valence-electron chi connectivity index (χ1n) is 9.44. The Morgan fingerprint density at radius 1 is 1.10 bits per heavy atom. The Morgan fingerprint density at radius 3 is 2.47 bits per heavy atom. The van der Waals surface area contributed by atoms with Crippen LogP contribution in [0.5, 0.6) is 0 Å². The number of carbonyl (C=O) groups excluding carboxylic acids is 2. The third-order valence-corrected chi connectivity index (χ3v) is 5.29. The second kappa shape index (κ2) is 7.93. The van der Waals surface area contributed by atoms with E-state index in [9.17, 15) is 9.59 Å². The van der Waals surface area contributed by atoms with Crippen molar-refractivity contribution in [3.8, 4) is 16.9 Å². The Labute approximate surface area is 179 Å². The van der Waals surface area contributed by atoms with E-state index in [1.54, 1.807) is 23.7 Å². The van der Waals surface area contributed by atoms with E-state index >= 15 is 0 Å². The number of para-hydroxylation sites is 1. The highest BCUT2D eigenvalue weighted by Gasteiger charge is 2.48. The van der Waals surface area contributed by atoms with Crippen LogP contribution in [0, 0.1) is 0 Å². The summed E-state index contributed by atoms with van der Waals surface area (Å²) in [6.07, 6.45) is 1.84. The maximum absolute atomic E-state index is 12.9. The Morgan fingerprint density at radius 2 is 1.80 bits per heavy atom. The highest BCUT2D eigenvalue weighted by Crippen LogP contribution is 2.28. The summed E-state index contributed by atoms with van der Waals surface area (Å²) in [5, 5.41) is 8.07. The molecule has 1 atom stereocenters. The number of amides is 3. The minimum Gasteiger partial charge on any atom is -0.382 e. The van der Waals surface area contributed by atoms with Gasteiger partial charge >= 0.3 is 6.03 Å². The number of urea groups is 1. The number of methoxy groups -OCH3 is 1. The molecule has 0 radical (unpaired) electrons. The number of hydrogen-bond acceptors (Lipinski definition) is 4. The maximum Gasteiger partial charge on any atom is 0.325 e. The number of nitrogens with one attached hydrogen (secondary N) is 1. The molecule has 154 valence electrons. The lowest BCUT2D eigenvalue weighted by atomic mass is 10.0. The van der Waals surface area contributed by atoms with Crippen molar-refractivity contribution in [2.24, 2.45) is 0 Å². The van der Waals surface area contributed by atoms with E-state index in [0.29, 0.717) is 10.7 Å². The van der Waals surface area contributed by atoms with Crippen molar-refractivity contribution in [2.45, 2.75) is 19.0 Å². The fourth-order valence-electron chi connectivity index (χ4n) is 3.54. The van der Waals surface area contributed by atoms with Gasteiger partial charge in [0.15, 0.2) is 0 Å². The van der Waals surface area contributed by atoms with Crippen LogP contribution in [-0.2, 0) is 16.1 Å². The maximum atomic E-state index is 12.9. The molecule has 1 aliphatic heterocycles. The minimum absolute atomic E-state index is 0.0920. The van der Waals surface area contributed by atoms with Crippen LogP contribution in [0.4, 0.5) is 4.79 Å². The van der Waals surface area contributed by atoms with Gasteiger partial charge in [0.25, 0.3) is 5.91 Å². The summed E-state index contributed by atoms with van der Waals surface area (Å²) in [4.78, 5) is 26.7. The molecule has 1 saturated heterocycles. The summed E-state index contributed by atoms with van der Waals surface area (Å²) >= 11 is 6.03. The van der Waals surface area contributed by atoms with Crippen LogP contribution in [0.15, 0.2) is 60.8 Å². The normalized spacial score (nSPS) is 18.7. The Kier molecular flexibility index (Phi) is 5.32. The van der Waals surface area contributed by atoms with Crippen molar-refractivity contribution in [1.82, 2.24) is 20.0 Å². The van der Waals surface area contributed by atoms with Crippen LogP contribution in [0.3, 0.4) is 0 Å². The summed E-state index contributed by atoms with van der Waals surface area (Å²) in [7, 11) is 1.50. The molecular formula is C22H21ClN4O3. The van der Waals surface area contributed by atoms with Crippen molar-refractivity contribution >= 4 is 23.5 Å². The number of nitrogens with zero attached hydrogens (tertiary/aromatic N) is 3. The molecule has 1 N–H and O–H groups in total. The first-order chi connectivity index (χ1) is 14.4. The quantitative estimate of drug-likeness (QED) is 0.613. The van der Waals surface area contributed by atoms with Gasteiger partial charge in [0.05, 0.1) is 24.5 Å². The monoisotopic (exact) mass is 424 g/mol. The molecule has 4 rings (SSSR count). The van der Waals surface area contributed by atoms with Crippen molar-refractivity contribution in [2.75, 3.05) is 13.7 Å². The third-order valence-electron chi connectivity index (χ3n) is 5.04. The molecule has 1 aromatic heterocycles. The van der Waals surface area contributed by atoms with Gasteiger partial charge in [0.1, 0.15) is 5.54 Å². The van der Waals surface area contributed by atoms with Gasteiger partial charge < -0.3 is 10.1 Å². The van der Waals surface area contributed by atoms with E-state index < -0.39 is 11.6 Å². The average Bonchev–Trinajstić information content (AvgIpc) is 3.24. The predicted molar refractivity (Wildman–Crippen MR) is 113 cm³/mol. The number of hydrogen-bond donors (Lipinski definition) is 1. The zero-order valence-electron chi connectivity index (χ0n) is 16.6. The Bertz CT molecular complexity index is 1080. The van der Waals surface area contributed by atoms with Gasteiger partial charge in [-0.1, -0.05) is 41.9 Å². The molecule has 7 nitrogen and oxygen atoms in total. The highest BCUT2D eigenvalue weighted by molar-refractivity contribution is 6.30. The summed E-state index contributed by atoms with van der Waals surface area (Å²) in [6, 6.07) is 16.5. The standard InChI is InChI=1S/C22H21ClN4O3/c1-22(14-30-2)20(28)26(21(29)24-22)12-16-13-27(18-6-4-3-5-7-18)25-19(16)15-8-10-17(23)11-9-15/h3-11,13H,12,14H2,1-2H3,(H,24,29). The molecule has 1 unspecified atom stereocenters. The van der Waals surface area contributed by atoms with Gasteiger partial charge in [0, 0.05) is 29.5 Å². The number of imide groups is 1. The largest absolute Gasteiger partial charge is 0.382 e. The highest BCUT2D eigenvalue weighted by atomic mass is 35.5. The first kappa shape index (κ1) is 20.1. The fraction of sp³-hybridized carbons (Fsp3) is 0.227. The van der Waals surface area contributed by atoms with Crippen LogP contribution < -0.4 is 5.32 Å². The number of halogens is 1. The molecule has 0 bridgehead atoms. The molecule has 3 aromatic rings. The smallest absolute Gasteiger partial charge is 0.325 e. The van der Waals surface area contributed by atoms with Gasteiger partial charge in [-0.2, -0.15) is 5.10 Å². The average molecular weight is 425 g/mol. The Hall–Kier alpha value is -3.16. The molecule has 1 aliphatic rings. The van der Waals surface area contributed by atoms with Crippen LogP contribution in [-0.4, -0.2) is 45.9 Å². The molecule has 0 spiro atoms. The summed E-state index contributed by atoms with van der Waals surface area (Å²) in [5.74, 6) is -0.330. The Balaban J connectivity index is 1.73. The second-order valence-corrected chi connectivity index (χ2v) is 7.81. The number of carbonyl (C=O) groups is 2. The van der Waals surface area contributed by atoms with Crippen molar-refractivity contribution in [3.05, 3.63) is 71.4 Å². The molecule has 3 amide bonds. The van der Waals surface area contributed by atoms with Gasteiger partial charge in [-0.05, 0) is 31.2 Å². The van der Waals surface area contributed by atoms with E-state index in [4.69, 9.17) is 21.4 Å². The summed E-state index contributed by atoms with van der Waals surface area (Å²) in [5.41, 5.74) is 2.06. The van der Waals surface area contributed by atoms with Gasteiger partial charge in [-0.3, -0.25) is 9.69 Å². The van der Waals surface area contributed by atoms with Gasteiger partial charge in [-0.25, -0.2) is 9.48 Å². The summed E-state index contributed by atoms with van der Waals surface area (Å²) in [6.45, 7) is 1.85. The first-order valence-corrected chi connectivity index (χ1v) is 9.82. The van der Waals surface area contributed by atoms with Crippen LogP contribution in [0.1, 0.15) is 12.5 Å².